The number of carbonyl (C=O) groups is 1. The molecule has 0 unspecified atom stereocenters. The Labute approximate surface area is 102 Å². The molecular formula is C13H20N2O2. The number of aromatic nitrogens is 1. The fourth-order valence-corrected chi connectivity index (χ4v) is 1.42. The SMILES string of the molecule is CC(C)CCCOC(=O)Cc1ccc(N)cn1. The van der Waals surface area contributed by atoms with Gasteiger partial charge < -0.3 is 10.5 Å². The smallest absolute Gasteiger partial charge is 0.311 e. The predicted octanol–water partition coefficient (Wildman–Crippen LogP) is 2.19. The molecule has 0 spiro atoms. The molecular weight excluding hydrogens is 216 g/mol. The molecule has 1 aromatic heterocycles. The molecule has 1 heterocycles. The molecule has 0 aliphatic heterocycles. The Bertz CT molecular complexity index is 347. The van der Waals surface area contributed by atoms with Gasteiger partial charge in [0.1, 0.15) is 0 Å². The van der Waals surface area contributed by atoms with E-state index in [1.807, 2.05) is 0 Å². The summed E-state index contributed by atoms with van der Waals surface area (Å²) in [5, 5.41) is 0. The zero-order valence-electron chi connectivity index (χ0n) is 10.5. The fourth-order valence-electron chi connectivity index (χ4n) is 1.42. The maximum Gasteiger partial charge on any atom is 0.311 e. The summed E-state index contributed by atoms with van der Waals surface area (Å²) in [5.74, 6) is 0.415. The Balaban J connectivity index is 2.23. The van der Waals surface area contributed by atoms with Gasteiger partial charge in [-0.1, -0.05) is 13.8 Å². The summed E-state index contributed by atoms with van der Waals surface area (Å²) in [6.45, 7) is 4.80. The molecule has 0 saturated carbocycles. The van der Waals surface area contributed by atoms with Gasteiger partial charge in [-0.3, -0.25) is 9.78 Å². The van der Waals surface area contributed by atoms with Crippen molar-refractivity contribution in [3.8, 4) is 0 Å². The van der Waals surface area contributed by atoms with Crippen LogP contribution in [0.3, 0.4) is 0 Å². The van der Waals surface area contributed by atoms with Crippen LogP contribution < -0.4 is 5.73 Å². The van der Waals surface area contributed by atoms with Crippen molar-refractivity contribution in [1.29, 1.82) is 0 Å². The van der Waals surface area contributed by atoms with Crippen molar-refractivity contribution >= 4 is 11.7 Å². The second kappa shape index (κ2) is 6.89. The molecule has 1 rings (SSSR count). The molecule has 0 aromatic carbocycles. The van der Waals surface area contributed by atoms with Gasteiger partial charge in [0.15, 0.2) is 0 Å². The molecule has 0 fully saturated rings. The van der Waals surface area contributed by atoms with Crippen LogP contribution in [0, 0.1) is 5.92 Å². The van der Waals surface area contributed by atoms with E-state index in [9.17, 15) is 4.79 Å². The summed E-state index contributed by atoms with van der Waals surface area (Å²) >= 11 is 0. The highest BCUT2D eigenvalue weighted by Gasteiger charge is 2.05. The van der Waals surface area contributed by atoms with Gasteiger partial charge in [0.2, 0.25) is 0 Å². The summed E-state index contributed by atoms with van der Waals surface area (Å²) in [6, 6.07) is 3.47. The number of hydrogen-bond donors (Lipinski definition) is 1. The van der Waals surface area contributed by atoms with Crippen molar-refractivity contribution in [1.82, 2.24) is 4.98 Å². The number of nitrogen functional groups attached to an aromatic ring is 1. The lowest BCUT2D eigenvalue weighted by atomic mass is 10.1. The molecule has 4 heteroatoms. The fraction of sp³-hybridized carbons (Fsp3) is 0.538. The van der Waals surface area contributed by atoms with Crippen molar-refractivity contribution < 1.29 is 9.53 Å². The van der Waals surface area contributed by atoms with Crippen LogP contribution in [0.5, 0.6) is 0 Å². The Hall–Kier alpha value is -1.58. The van der Waals surface area contributed by atoms with Gasteiger partial charge in [0.25, 0.3) is 0 Å². The maximum atomic E-state index is 11.4. The third-order valence-corrected chi connectivity index (χ3v) is 2.36. The van der Waals surface area contributed by atoms with Crippen LogP contribution in [0.2, 0.25) is 0 Å². The van der Waals surface area contributed by atoms with Gasteiger partial charge in [-0.2, -0.15) is 0 Å². The molecule has 0 bridgehead atoms. The second-order valence-electron chi connectivity index (χ2n) is 4.52. The molecule has 4 nitrogen and oxygen atoms in total. The molecule has 0 atom stereocenters. The van der Waals surface area contributed by atoms with Crippen LogP contribution in [0.25, 0.3) is 0 Å². The van der Waals surface area contributed by atoms with Crippen LogP contribution in [0.15, 0.2) is 18.3 Å². The molecule has 0 saturated heterocycles. The average Bonchev–Trinajstić information content (AvgIpc) is 2.27. The Morgan fingerprint density at radius 1 is 1.47 bits per heavy atom. The number of ether oxygens (including phenoxy) is 1. The standard InChI is InChI=1S/C13H20N2O2/c1-10(2)4-3-7-17-13(16)8-12-6-5-11(14)9-15-12/h5-6,9-10H,3-4,7-8,14H2,1-2H3. The molecule has 0 aliphatic rings. The lowest BCUT2D eigenvalue weighted by molar-refractivity contribution is -0.143. The molecule has 2 N–H and O–H groups in total. The van der Waals surface area contributed by atoms with E-state index in [-0.39, 0.29) is 12.4 Å². The third kappa shape index (κ3) is 5.90. The van der Waals surface area contributed by atoms with E-state index in [2.05, 4.69) is 18.8 Å². The van der Waals surface area contributed by atoms with Gasteiger partial charge >= 0.3 is 5.97 Å². The number of nitrogens with zero attached hydrogens (tertiary/aromatic N) is 1. The van der Waals surface area contributed by atoms with E-state index in [1.165, 1.54) is 0 Å². The lowest BCUT2D eigenvalue weighted by Gasteiger charge is -2.06. The Morgan fingerprint density at radius 2 is 2.24 bits per heavy atom. The molecule has 1 aromatic rings. The summed E-state index contributed by atoms with van der Waals surface area (Å²) in [5.41, 5.74) is 6.79. The molecule has 0 amide bonds. The van der Waals surface area contributed by atoms with Crippen molar-refractivity contribution in [3.05, 3.63) is 24.0 Å². The Morgan fingerprint density at radius 3 is 2.82 bits per heavy atom. The first-order valence-corrected chi connectivity index (χ1v) is 5.94. The number of rotatable bonds is 6. The highest BCUT2D eigenvalue weighted by atomic mass is 16.5. The maximum absolute atomic E-state index is 11.4. The van der Waals surface area contributed by atoms with Gasteiger partial charge in [-0.05, 0) is 30.9 Å². The number of pyridine rings is 1. The van der Waals surface area contributed by atoms with Gasteiger partial charge in [-0.15, -0.1) is 0 Å². The van der Waals surface area contributed by atoms with Gasteiger partial charge in [0, 0.05) is 0 Å². The van der Waals surface area contributed by atoms with Crippen LogP contribution in [-0.4, -0.2) is 17.6 Å². The van der Waals surface area contributed by atoms with E-state index in [0.717, 1.165) is 12.8 Å². The monoisotopic (exact) mass is 236 g/mol. The largest absolute Gasteiger partial charge is 0.465 e. The molecule has 0 radical (unpaired) electrons. The van der Waals surface area contributed by atoms with Crippen molar-refractivity contribution in [2.75, 3.05) is 12.3 Å². The summed E-state index contributed by atoms with van der Waals surface area (Å²) in [6.07, 6.45) is 3.75. The van der Waals surface area contributed by atoms with Crippen molar-refractivity contribution in [2.45, 2.75) is 33.1 Å². The van der Waals surface area contributed by atoms with E-state index < -0.39 is 0 Å². The first-order chi connectivity index (χ1) is 8.08. The summed E-state index contributed by atoms with van der Waals surface area (Å²) < 4.78 is 5.12. The second-order valence-corrected chi connectivity index (χ2v) is 4.52. The zero-order valence-corrected chi connectivity index (χ0v) is 10.5. The van der Waals surface area contributed by atoms with E-state index >= 15 is 0 Å². The van der Waals surface area contributed by atoms with Gasteiger partial charge in [0.05, 0.1) is 30.6 Å². The highest BCUT2D eigenvalue weighted by molar-refractivity contribution is 5.72. The molecule has 94 valence electrons. The third-order valence-electron chi connectivity index (χ3n) is 2.36. The highest BCUT2D eigenvalue weighted by Crippen LogP contribution is 2.05. The van der Waals surface area contributed by atoms with Crippen LogP contribution in [0.4, 0.5) is 5.69 Å². The number of esters is 1. The van der Waals surface area contributed by atoms with Crippen LogP contribution in [-0.2, 0) is 16.0 Å². The predicted molar refractivity (Wildman–Crippen MR) is 67.4 cm³/mol. The summed E-state index contributed by atoms with van der Waals surface area (Å²) in [4.78, 5) is 15.5. The minimum absolute atomic E-state index is 0.210. The zero-order chi connectivity index (χ0) is 12.7. The quantitative estimate of drug-likeness (QED) is 0.607. The minimum atomic E-state index is -0.231. The van der Waals surface area contributed by atoms with Crippen molar-refractivity contribution in [2.24, 2.45) is 5.92 Å². The Kier molecular flexibility index (Phi) is 5.46. The first kappa shape index (κ1) is 13.5. The summed E-state index contributed by atoms with van der Waals surface area (Å²) in [7, 11) is 0. The lowest BCUT2D eigenvalue weighted by Crippen LogP contribution is -2.10. The van der Waals surface area contributed by atoms with Crippen molar-refractivity contribution in [3.63, 3.8) is 0 Å². The first-order valence-electron chi connectivity index (χ1n) is 5.94. The topological polar surface area (TPSA) is 65.2 Å². The van der Waals surface area contributed by atoms with Gasteiger partial charge in [-0.25, -0.2) is 0 Å². The van der Waals surface area contributed by atoms with Crippen LogP contribution in [0.1, 0.15) is 32.4 Å². The number of anilines is 1. The molecule has 17 heavy (non-hydrogen) atoms. The molecule has 0 aliphatic carbocycles. The number of hydrogen-bond acceptors (Lipinski definition) is 4. The van der Waals surface area contributed by atoms with E-state index in [0.29, 0.717) is 23.9 Å². The van der Waals surface area contributed by atoms with E-state index in [1.54, 1.807) is 18.3 Å². The number of nitrogens with two attached hydrogens (primary N) is 1. The normalized spacial score (nSPS) is 10.5. The van der Waals surface area contributed by atoms with Crippen LogP contribution >= 0.6 is 0 Å². The average molecular weight is 236 g/mol. The minimum Gasteiger partial charge on any atom is -0.465 e. The van der Waals surface area contributed by atoms with E-state index in [4.69, 9.17) is 10.5 Å². The number of carbonyl (C=O) groups excluding carboxylic acids is 1.